The van der Waals surface area contributed by atoms with Crippen LogP contribution in [0.3, 0.4) is 0 Å². The normalized spacial score (nSPS) is 50.0. The molecule has 22 heavy (non-hydrogen) atoms. The van der Waals surface area contributed by atoms with Crippen molar-refractivity contribution in [1.82, 2.24) is 0 Å². The van der Waals surface area contributed by atoms with Crippen LogP contribution in [0.1, 0.15) is 67.7 Å². The molecule has 3 heteroatoms. The maximum absolute atomic E-state index is 6.51. The molecule has 0 saturated carbocycles. The third-order valence-electron chi connectivity index (χ3n) is 6.12. The van der Waals surface area contributed by atoms with Gasteiger partial charge in [0.1, 0.15) is 0 Å². The van der Waals surface area contributed by atoms with Gasteiger partial charge in [-0.1, -0.05) is 41.5 Å². The highest BCUT2D eigenvalue weighted by atomic mass is 16.7. The fourth-order valence-electron chi connectivity index (χ4n) is 4.27. The summed E-state index contributed by atoms with van der Waals surface area (Å²) in [5.41, 5.74) is 0. The van der Waals surface area contributed by atoms with E-state index in [9.17, 15) is 0 Å². The molecular formula is C19H36O3. The molecule has 0 aromatic heterocycles. The van der Waals surface area contributed by atoms with Crippen molar-refractivity contribution in [2.45, 2.75) is 98.4 Å². The standard InChI is InChI=1S/C19H36O3/c1-8-16-14(6)13(5)15(7)19(21-16)22-18-11(3)10-12(4)20-17(18)9-2/h11-19H,8-10H2,1-7H3/t11-,12?,13+,14+,15?,16?,17?,18+,19+/m1/s1. The van der Waals surface area contributed by atoms with E-state index in [1.807, 2.05) is 0 Å². The van der Waals surface area contributed by atoms with Crippen molar-refractivity contribution in [1.29, 1.82) is 0 Å². The van der Waals surface area contributed by atoms with E-state index < -0.39 is 0 Å². The fourth-order valence-corrected chi connectivity index (χ4v) is 4.27. The van der Waals surface area contributed by atoms with Crippen LogP contribution in [0.25, 0.3) is 0 Å². The number of rotatable bonds is 4. The van der Waals surface area contributed by atoms with Gasteiger partial charge in [-0.05, 0) is 43.9 Å². The summed E-state index contributed by atoms with van der Waals surface area (Å²) in [5.74, 6) is 2.19. The predicted octanol–water partition coefficient (Wildman–Crippen LogP) is 4.64. The molecule has 0 radical (unpaired) electrons. The molecule has 0 aromatic carbocycles. The molecule has 0 bridgehead atoms. The Hall–Kier alpha value is -0.120. The Morgan fingerprint density at radius 2 is 1.45 bits per heavy atom. The van der Waals surface area contributed by atoms with Crippen molar-refractivity contribution in [3.05, 3.63) is 0 Å². The maximum Gasteiger partial charge on any atom is 0.161 e. The van der Waals surface area contributed by atoms with E-state index in [1.165, 1.54) is 0 Å². The van der Waals surface area contributed by atoms with Crippen molar-refractivity contribution in [2.75, 3.05) is 0 Å². The summed E-state index contributed by atoms with van der Waals surface area (Å²) in [4.78, 5) is 0. The van der Waals surface area contributed by atoms with E-state index in [0.717, 1.165) is 19.3 Å². The fraction of sp³-hybridized carbons (Fsp3) is 1.00. The molecule has 0 aliphatic carbocycles. The van der Waals surface area contributed by atoms with Crippen molar-refractivity contribution in [3.63, 3.8) is 0 Å². The van der Waals surface area contributed by atoms with E-state index in [1.54, 1.807) is 0 Å². The van der Waals surface area contributed by atoms with Gasteiger partial charge in [0.15, 0.2) is 6.29 Å². The zero-order valence-electron chi connectivity index (χ0n) is 15.5. The maximum atomic E-state index is 6.51. The van der Waals surface area contributed by atoms with Crippen LogP contribution in [0.2, 0.25) is 0 Å². The van der Waals surface area contributed by atoms with Crippen LogP contribution in [0.15, 0.2) is 0 Å². The first-order valence-corrected chi connectivity index (χ1v) is 9.35. The summed E-state index contributed by atoms with van der Waals surface area (Å²) >= 11 is 0. The summed E-state index contributed by atoms with van der Waals surface area (Å²) in [6, 6.07) is 0. The smallest absolute Gasteiger partial charge is 0.161 e. The molecule has 3 nitrogen and oxygen atoms in total. The largest absolute Gasteiger partial charge is 0.373 e. The molecule has 2 aliphatic rings. The summed E-state index contributed by atoms with van der Waals surface area (Å²) in [6.45, 7) is 15.8. The molecule has 9 atom stereocenters. The highest BCUT2D eigenvalue weighted by molar-refractivity contribution is 4.87. The van der Waals surface area contributed by atoms with Gasteiger partial charge in [-0.2, -0.15) is 0 Å². The Morgan fingerprint density at radius 1 is 0.818 bits per heavy atom. The van der Waals surface area contributed by atoms with Gasteiger partial charge in [-0.25, -0.2) is 0 Å². The van der Waals surface area contributed by atoms with Gasteiger partial charge in [0, 0.05) is 5.92 Å². The topological polar surface area (TPSA) is 27.7 Å². The van der Waals surface area contributed by atoms with E-state index in [0.29, 0.717) is 35.9 Å². The zero-order chi connectivity index (χ0) is 16.4. The van der Waals surface area contributed by atoms with Crippen LogP contribution >= 0.6 is 0 Å². The van der Waals surface area contributed by atoms with Crippen LogP contribution in [0.4, 0.5) is 0 Å². The number of hydrogen-bond donors (Lipinski definition) is 0. The summed E-state index contributed by atoms with van der Waals surface area (Å²) in [6.07, 6.45) is 4.06. The molecule has 2 fully saturated rings. The molecule has 0 aromatic rings. The van der Waals surface area contributed by atoms with Gasteiger partial charge in [0.2, 0.25) is 0 Å². The minimum Gasteiger partial charge on any atom is -0.373 e. The van der Waals surface area contributed by atoms with Crippen molar-refractivity contribution < 1.29 is 14.2 Å². The van der Waals surface area contributed by atoms with Gasteiger partial charge in [-0.15, -0.1) is 0 Å². The molecule has 130 valence electrons. The van der Waals surface area contributed by atoms with Crippen molar-refractivity contribution >= 4 is 0 Å². The van der Waals surface area contributed by atoms with Gasteiger partial charge in [-0.3, -0.25) is 0 Å². The van der Waals surface area contributed by atoms with Gasteiger partial charge in [0.05, 0.1) is 24.4 Å². The lowest BCUT2D eigenvalue weighted by Crippen LogP contribution is -2.51. The predicted molar refractivity (Wildman–Crippen MR) is 89.7 cm³/mol. The van der Waals surface area contributed by atoms with Crippen molar-refractivity contribution in [3.8, 4) is 0 Å². The highest BCUT2D eigenvalue weighted by Crippen LogP contribution is 2.39. The van der Waals surface area contributed by atoms with Crippen LogP contribution < -0.4 is 0 Å². The first-order valence-electron chi connectivity index (χ1n) is 9.35. The zero-order valence-corrected chi connectivity index (χ0v) is 15.5. The van der Waals surface area contributed by atoms with E-state index in [2.05, 4.69) is 48.5 Å². The second kappa shape index (κ2) is 7.63. The molecular weight excluding hydrogens is 276 g/mol. The third kappa shape index (κ3) is 3.68. The quantitative estimate of drug-likeness (QED) is 0.757. The van der Waals surface area contributed by atoms with Crippen LogP contribution in [-0.2, 0) is 14.2 Å². The average molecular weight is 312 g/mol. The SMILES string of the molecule is CCC1O[C@@H](O[C@@H]2C(CC)OC(C)C[C@H]2C)C(C)[C@@H](C)[C@@H]1C. The second-order valence-corrected chi connectivity index (χ2v) is 7.74. The number of hydrogen-bond acceptors (Lipinski definition) is 3. The summed E-state index contributed by atoms with van der Waals surface area (Å²) in [5, 5.41) is 0. The summed E-state index contributed by atoms with van der Waals surface area (Å²) < 4.78 is 19.0. The van der Waals surface area contributed by atoms with Crippen LogP contribution in [0.5, 0.6) is 0 Å². The Bertz CT molecular complexity index is 344. The lowest BCUT2D eigenvalue weighted by Gasteiger charge is -2.47. The average Bonchev–Trinajstić information content (AvgIpc) is 2.49. The number of ether oxygens (including phenoxy) is 3. The van der Waals surface area contributed by atoms with Gasteiger partial charge >= 0.3 is 0 Å². The monoisotopic (exact) mass is 312 g/mol. The van der Waals surface area contributed by atoms with Crippen molar-refractivity contribution in [2.24, 2.45) is 23.7 Å². The van der Waals surface area contributed by atoms with Crippen LogP contribution in [-0.4, -0.2) is 30.7 Å². The summed E-state index contributed by atoms with van der Waals surface area (Å²) in [7, 11) is 0. The molecule has 0 amide bonds. The minimum absolute atomic E-state index is 0.0883. The molecule has 4 unspecified atom stereocenters. The van der Waals surface area contributed by atoms with Gasteiger partial charge < -0.3 is 14.2 Å². The Kier molecular flexibility index (Phi) is 6.32. The molecule has 2 saturated heterocycles. The Balaban J connectivity index is 2.07. The third-order valence-corrected chi connectivity index (χ3v) is 6.12. The van der Waals surface area contributed by atoms with E-state index in [4.69, 9.17) is 14.2 Å². The van der Waals surface area contributed by atoms with E-state index >= 15 is 0 Å². The lowest BCUT2D eigenvalue weighted by molar-refractivity contribution is -0.293. The highest BCUT2D eigenvalue weighted by Gasteiger charge is 2.43. The van der Waals surface area contributed by atoms with Crippen LogP contribution in [0, 0.1) is 23.7 Å². The molecule has 0 spiro atoms. The van der Waals surface area contributed by atoms with Gasteiger partial charge in [0.25, 0.3) is 0 Å². The molecule has 2 heterocycles. The Morgan fingerprint density at radius 3 is 2.05 bits per heavy atom. The molecule has 0 N–H and O–H groups in total. The lowest BCUT2D eigenvalue weighted by atomic mass is 9.78. The second-order valence-electron chi connectivity index (χ2n) is 7.74. The first kappa shape index (κ1) is 18.2. The Labute approximate surface area is 137 Å². The first-order chi connectivity index (χ1) is 10.4. The molecule has 2 aliphatic heterocycles. The van der Waals surface area contributed by atoms with E-state index in [-0.39, 0.29) is 18.5 Å². The minimum atomic E-state index is -0.0883. The molecule has 2 rings (SSSR count).